The smallest absolute Gasteiger partial charge is 0.193 e. The van der Waals surface area contributed by atoms with Crippen molar-refractivity contribution in [1.82, 2.24) is 10.2 Å². The van der Waals surface area contributed by atoms with Gasteiger partial charge in [0.25, 0.3) is 0 Å². The highest BCUT2D eigenvalue weighted by atomic mass is 16.5. The molecular formula is C14H27N3O2. The Morgan fingerprint density at radius 3 is 2.84 bits per heavy atom. The summed E-state index contributed by atoms with van der Waals surface area (Å²) in [5.74, 6) is 2.42. The maximum absolute atomic E-state index is 5.61. The van der Waals surface area contributed by atoms with E-state index in [1.807, 2.05) is 7.05 Å². The normalized spacial score (nSPS) is 23.7. The number of ether oxygens (including phenoxy) is 2. The van der Waals surface area contributed by atoms with Crippen molar-refractivity contribution in [3.8, 4) is 0 Å². The standard InChI is InChI=1S/C14H27N3O2/c1-15-14(16-6-8-19-10-12-3-4-12)17(2)9-13-5-7-18-11-13/h12-13H,3-11H2,1-2H3,(H,15,16). The zero-order valence-corrected chi connectivity index (χ0v) is 12.2. The summed E-state index contributed by atoms with van der Waals surface area (Å²) < 4.78 is 11.0. The fraction of sp³-hybridized carbons (Fsp3) is 0.929. The van der Waals surface area contributed by atoms with Crippen molar-refractivity contribution in [3.63, 3.8) is 0 Å². The summed E-state index contributed by atoms with van der Waals surface area (Å²) >= 11 is 0. The van der Waals surface area contributed by atoms with Crippen molar-refractivity contribution in [2.75, 3.05) is 53.6 Å². The lowest BCUT2D eigenvalue weighted by molar-refractivity contribution is 0.128. The fourth-order valence-corrected chi connectivity index (χ4v) is 2.36. The molecule has 0 radical (unpaired) electrons. The Hall–Kier alpha value is -0.810. The molecule has 0 bridgehead atoms. The van der Waals surface area contributed by atoms with Crippen LogP contribution in [0.5, 0.6) is 0 Å². The van der Waals surface area contributed by atoms with Gasteiger partial charge in [0.1, 0.15) is 0 Å². The van der Waals surface area contributed by atoms with Crippen LogP contribution < -0.4 is 5.32 Å². The molecule has 1 unspecified atom stereocenters. The molecule has 1 aliphatic carbocycles. The zero-order chi connectivity index (χ0) is 13.5. The Bertz CT molecular complexity index is 286. The lowest BCUT2D eigenvalue weighted by atomic mass is 10.1. The summed E-state index contributed by atoms with van der Waals surface area (Å²) in [7, 11) is 3.91. The fourth-order valence-electron chi connectivity index (χ4n) is 2.36. The van der Waals surface area contributed by atoms with Gasteiger partial charge in [0.15, 0.2) is 5.96 Å². The minimum atomic E-state index is 0.634. The van der Waals surface area contributed by atoms with E-state index >= 15 is 0 Å². The minimum Gasteiger partial charge on any atom is -0.381 e. The van der Waals surface area contributed by atoms with E-state index < -0.39 is 0 Å². The Morgan fingerprint density at radius 1 is 1.37 bits per heavy atom. The minimum absolute atomic E-state index is 0.634. The molecule has 19 heavy (non-hydrogen) atoms. The van der Waals surface area contributed by atoms with Crippen molar-refractivity contribution >= 4 is 5.96 Å². The largest absolute Gasteiger partial charge is 0.381 e. The van der Waals surface area contributed by atoms with E-state index in [0.29, 0.717) is 5.92 Å². The summed E-state index contributed by atoms with van der Waals surface area (Å²) in [6.45, 7) is 5.30. The summed E-state index contributed by atoms with van der Waals surface area (Å²) in [5, 5.41) is 3.35. The Morgan fingerprint density at radius 2 is 2.21 bits per heavy atom. The predicted molar refractivity (Wildman–Crippen MR) is 76.5 cm³/mol. The lowest BCUT2D eigenvalue weighted by Gasteiger charge is -2.24. The van der Waals surface area contributed by atoms with Crippen molar-refractivity contribution in [2.45, 2.75) is 19.3 Å². The van der Waals surface area contributed by atoms with E-state index in [0.717, 1.165) is 57.8 Å². The van der Waals surface area contributed by atoms with E-state index in [2.05, 4.69) is 22.3 Å². The molecule has 2 aliphatic rings. The number of nitrogens with zero attached hydrogens (tertiary/aromatic N) is 2. The summed E-state index contributed by atoms with van der Waals surface area (Å²) in [4.78, 5) is 6.49. The van der Waals surface area contributed by atoms with Crippen molar-refractivity contribution in [2.24, 2.45) is 16.8 Å². The van der Waals surface area contributed by atoms with E-state index in [1.165, 1.54) is 12.8 Å². The van der Waals surface area contributed by atoms with Gasteiger partial charge in [-0.2, -0.15) is 0 Å². The number of hydrogen-bond donors (Lipinski definition) is 1. The van der Waals surface area contributed by atoms with Crippen molar-refractivity contribution < 1.29 is 9.47 Å². The van der Waals surface area contributed by atoms with Gasteiger partial charge < -0.3 is 19.7 Å². The van der Waals surface area contributed by atoms with Crippen LogP contribution in [0.2, 0.25) is 0 Å². The SMILES string of the molecule is CN=C(NCCOCC1CC1)N(C)CC1CCOC1. The van der Waals surface area contributed by atoms with Gasteiger partial charge >= 0.3 is 0 Å². The zero-order valence-electron chi connectivity index (χ0n) is 12.2. The van der Waals surface area contributed by atoms with E-state index in [1.54, 1.807) is 0 Å². The topological polar surface area (TPSA) is 46.1 Å². The van der Waals surface area contributed by atoms with Crippen LogP contribution in [0.15, 0.2) is 4.99 Å². The second kappa shape index (κ2) is 7.70. The van der Waals surface area contributed by atoms with Crippen LogP contribution in [0.25, 0.3) is 0 Å². The Kier molecular flexibility index (Phi) is 5.92. The molecule has 1 atom stereocenters. The monoisotopic (exact) mass is 269 g/mol. The van der Waals surface area contributed by atoms with Crippen LogP contribution in [-0.2, 0) is 9.47 Å². The molecule has 2 rings (SSSR count). The summed E-state index contributed by atoms with van der Waals surface area (Å²) in [5.41, 5.74) is 0. The third kappa shape index (κ3) is 5.37. The first-order chi connectivity index (χ1) is 9.29. The number of nitrogens with one attached hydrogen (secondary N) is 1. The molecular weight excluding hydrogens is 242 g/mol. The molecule has 5 heteroatoms. The highest BCUT2D eigenvalue weighted by molar-refractivity contribution is 5.79. The van der Waals surface area contributed by atoms with Crippen LogP contribution in [-0.4, -0.2) is 64.5 Å². The first-order valence-electron chi connectivity index (χ1n) is 7.37. The average molecular weight is 269 g/mol. The van der Waals surface area contributed by atoms with Gasteiger partial charge in [-0.25, -0.2) is 0 Å². The third-order valence-corrected chi connectivity index (χ3v) is 3.71. The molecule has 1 aliphatic heterocycles. The predicted octanol–water partition coefficient (Wildman–Crippen LogP) is 0.957. The molecule has 1 heterocycles. The number of guanidine groups is 1. The first-order valence-corrected chi connectivity index (χ1v) is 7.37. The lowest BCUT2D eigenvalue weighted by Crippen LogP contribution is -2.42. The Balaban J connectivity index is 1.57. The molecule has 0 spiro atoms. The van der Waals surface area contributed by atoms with E-state index in [4.69, 9.17) is 9.47 Å². The van der Waals surface area contributed by atoms with Gasteiger partial charge in [-0.15, -0.1) is 0 Å². The van der Waals surface area contributed by atoms with Gasteiger partial charge in [-0.3, -0.25) is 4.99 Å². The molecule has 0 aromatic rings. The van der Waals surface area contributed by atoms with Crippen LogP contribution in [0.3, 0.4) is 0 Å². The van der Waals surface area contributed by atoms with Crippen LogP contribution in [0.1, 0.15) is 19.3 Å². The van der Waals surface area contributed by atoms with Gasteiger partial charge in [0.2, 0.25) is 0 Å². The average Bonchev–Trinajstić information content (AvgIpc) is 3.09. The molecule has 0 amide bonds. The van der Waals surface area contributed by atoms with Crippen molar-refractivity contribution in [3.05, 3.63) is 0 Å². The van der Waals surface area contributed by atoms with Gasteiger partial charge in [-0.05, 0) is 25.2 Å². The molecule has 0 aromatic heterocycles. The van der Waals surface area contributed by atoms with Gasteiger partial charge in [0, 0.05) is 46.3 Å². The highest BCUT2D eigenvalue weighted by Gasteiger charge is 2.21. The molecule has 1 saturated heterocycles. The van der Waals surface area contributed by atoms with Crippen molar-refractivity contribution in [1.29, 1.82) is 0 Å². The molecule has 0 aromatic carbocycles. The molecule has 1 saturated carbocycles. The third-order valence-electron chi connectivity index (χ3n) is 3.71. The number of rotatable bonds is 7. The molecule has 5 nitrogen and oxygen atoms in total. The first kappa shape index (κ1) is 14.6. The molecule has 1 N–H and O–H groups in total. The quantitative estimate of drug-likeness (QED) is 0.425. The maximum Gasteiger partial charge on any atom is 0.193 e. The maximum atomic E-state index is 5.61. The summed E-state index contributed by atoms with van der Waals surface area (Å²) in [6, 6.07) is 0. The van der Waals surface area contributed by atoms with Crippen LogP contribution in [0, 0.1) is 11.8 Å². The molecule has 110 valence electrons. The second-order valence-electron chi connectivity index (χ2n) is 5.60. The molecule has 2 fully saturated rings. The van der Waals surface area contributed by atoms with Crippen LogP contribution in [0.4, 0.5) is 0 Å². The Labute approximate surface area is 116 Å². The van der Waals surface area contributed by atoms with Crippen LogP contribution >= 0.6 is 0 Å². The van der Waals surface area contributed by atoms with E-state index in [-0.39, 0.29) is 0 Å². The second-order valence-corrected chi connectivity index (χ2v) is 5.60. The number of hydrogen-bond acceptors (Lipinski definition) is 3. The number of aliphatic imine (C=N–C) groups is 1. The summed E-state index contributed by atoms with van der Waals surface area (Å²) in [6.07, 6.45) is 3.86. The van der Waals surface area contributed by atoms with Gasteiger partial charge in [0.05, 0.1) is 13.2 Å². The van der Waals surface area contributed by atoms with Gasteiger partial charge in [-0.1, -0.05) is 0 Å². The van der Waals surface area contributed by atoms with E-state index in [9.17, 15) is 0 Å². The highest BCUT2D eigenvalue weighted by Crippen LogP contribution is 2.28.